The van der Waals surface area contributed by atoms with Crippen LogP contribution < -0.4 is 0 Å². The Morgan fingerprint density at radius 1 is 1.60 bits per heavy atom. The van der Waals surface area contributed by atoms with Gasteiger partial charge in [0.25, 0.3) is 0 Å². The zero-order valence-electron chi connectivity index (χ0n) is 8.11. The van der Waals surface area contributed by atoms with Crippen molar-refractivity contribution in [3.05, 3.63) is 34.3 Å². The lowest BCUT2D eigenvalue weighted by Gasteiger charge is -2.13. The summed E-state index contributed by atoms with van der Waals surface area (Å²) >= 11 is 5.80. The Morgan fingerprint density at radius 3 is 2.73 bits per heavy atom. The first-order valence-corrected chi connectivity index (χ1v) is 4.60. The van der Waals surface area contributed by atoms with E-state index in [0.29, 0.717) is 16.9 Å². The van der Waals surface area contributed by atoms with E-state index in [9.17, 15) is 9.59 Å². The minimum atomic E-state index is -1.01. The topological polar surface area (TPSA) is 57.6 Å². The SMILES string of the molecule is CN(Cc1ccc(C=O)c(Cl)c1)C(=O)O. The van der Waals surface area contributed by atoms with Gasteiger partial charge in [0.05, 0.1) is 5.02 Å². The number of hydrogen-bond acceptors (Lipinski definition) is 2. The maximum absolute atomic E-state index is 10.5. The third kappa shape index (κ3) is 2.95. The van der Waals surface area contributed by atoms with Gasteiger partial charge >= 0.3 is 6.09 Å². The monoisotopic (exact) mass is 227 g/mol. The van der Waals surface area contributed by atoms with Gasteiger partial charge in [-0.05, 0) is 17.7 Å². The number of nitrogens with zero attached hydrogens (tertiary/aromatic N) is 1. The summed E-state index contributed by atoms with van der Waals surface area (Å²) in [5.41, 5.74) is 1.15. The van der Waals surface area contributed by atoms with E-state index >= 15 is 0 Å². The van der Waals surface area contributed by atoms with Crippen molar-refractivity contribution in [2.75, 3.05) is 7.05 Å². The van der Waals surface area contributed by atoms with Crippen molar-refractivity contribution in [2.24, 2.45) is 0 Å². The number of halogens is 1. The molecule has 1 rings (SSSR count). The van der Waals surface area contributed by atoms with Crippen LogP contribution in [0, 0.1) is 0 Å². The molecule has 4 nitrogen and oxygen atoms in total. The van der Waals surface area contributed by atoms with Gasteiger partial charge in [0.1, 0.15) is 0 Å². The number of aldehydes is 1. The highest BCUT2D eigenvalue weighted by Gasteiger charge is 2.07. The van der Waals surface area contributed by atoms with E-state index in [0.717, 1.165) is 10.5 Å². The van der Waals surface area contributed by atoms with Gasteiger partial charge in [-0.3, -0.25) is 4.79 Å². The number of carbonyl (C=O) groups is 2. The van der Waals surface area contributed by atoms with Crippen LogP contribution in [0.2, 0.25) is 5.02 Å². The Hall–Kier alpha value is -1.55. The van der Waals surface area contributed by atoms with Crippen molar-refractivity contribution >= 4 is 24.0 Å². The van der Waals surface area contributed by atoms with Gasteiger partial charge in [-0.25, -0.2) is 4.79 Å². The number of carboxylic acid groups (broad SMARTS) is 1. The Morgan fingerprint density at radius 2 is 2.27 bits per heavy atom. The Bertz CT molecular complexity index is 392. The zero-order chi connectivity index (χ0) is 11.4. The highest BCUT2D eigenvalue weighted by atomic mass is 35.5. The first-order valence-electron chi connectivity index (χ1n) is 4.22. The Kier molecular flexibility index (Phi) is 3.68. The summed E-state index contributed by atoms with van der Waals surface area (Å²) in [5, 5.41) is 8.98. The van der Waals surface area contributed by atoms with Crippen molar-refractivity contribution in [3.8, 4) is 0 Å². The van der Waals surface area contributed by atoms with Crippen molar-refractivity contribution in [2.45, 2.75) is 6.54 Å². The van der Waals surface area contributed by atoms with E-state index in [-0.39, 0.29) is 6.54 Å². The standard InChI is InChI=1S/C10H10ClNO3/c1-12(10(14)15)5-7-2-3-8(6-13)9(11)4-7/h2-4,6H,5H2,1H3,(H,14,15). The highest BCUT2D eigenvalue weighted by Crippen LogP contribution is 2.17. The summed E-state index contributed by atoms with van der Waals surface area (Å²) in [7, 11) is 1.46. The third-order valence-corrected chi connectivity index (χ3v) is 2.27. The molecule has 0 bridgehead atoms. The van der Waals surface area contributed by atoms with Gasteiger partial charge in [0.2, 0.25) is 0 Å². The molecule has 80 valence electrons. The fourth-order valence-electron chi connectivity index (χ4n) is 1.11. The molecule has 5 heteroatoms. The third-order valence-electron chi connectivity index (χ3n) is 1.94. The average Bonchev–Trinajstić information content (AvgIpc) is 2.18. The maximum Gasteiger partial charge on any atom is 0.407 e. The summed E-state index contributed by atoms with van der Waals surface area (Å²) in [6, 6.07) is 4.83. The lowest BCUT2D eigenvalue weighted by atomic mass is 10.1. The number of amides is 1. The summed E-state index contributed by atoms with van der Waals surface area (Å²) < 4.78 is 0. The minimum absolute atomic E-state index is 0.244. The summed E-state index contributed by atoms with van der Waals surface area (Å²) in [6.45, 7) is 0.244. The lowest BCUT2D eigenvalue weighted by molar-refractivity contribution is 0.112. The maximum atomic E-state index is 10.5. The predicted molar refractivity (Wildman–Crippen MR) is 56.3 cm³/mol. The highest BCUT2D eigenvalue weighted by molar-refractivity contribution is 6.33. The quantitative estimate of drug-likeness (QED) is 0.806. The Balaban J connectivity index is 2.84. The predicted octanol–water partition coefficient (Wildman–Crippen LogP) is 2.26. The van der Waals surface area contributed by atoms with Crippen molar-refractivity contribution < 1.29 is 14.7 Å². The van der Waals surface area contributed by atoms with E-state index in [1.54, 1.807) is 18.2 Å². The lowest BCUT2D eigenvalue weighted by Crippen LogP contribution is -2.23. The van der Waals surface area contributed by atoms with Gasteiger partial charge in [0, 0.05) is 19.2 Å². The second-order valence-corrected chi connectivity index (χ2v) is 3.52. The molecule has 0 fully saturated rings. The zero-order valence-corrected chi connectivity index (χ0v) is 8.86. The van der Waals surface area contributed by atoms with Crippen molar-refractivity contribution in [1.29, 1.82) is 0 Å². The first-order chi connectivity index (χ1) is 7.04. The number of hydrogen-bond donors (Lipinski definition) is 1. The molecule has 0 aliphatic rings. The summed E-state index contributed by atoms with van der Waals surface area (Å²) in [6.07, 6.45) is -0.349. The van der Waals surface area contributed by atoms with E-state index in [1.165, 1.54) is 7.05 Å². The molecule has 0 saturated carbocycles. The molecule has 1 N–H and O–H groups in total. The molecule has 0 saturated heterocycles. The molecule has 0 aliphatic heterocycles. The molecular formula is C10H10ClNO3. The van der Waals surface area contributed by atoms with Crippen molar-refractivity contribution in [3.63, 3.8) is 0 Å². The molecule has 0 unspecified atom stereocenters. The average molecular weight is 228 g/mol. The number of benzene rings is 1. The van der Waals surface area contributed by atoms with Crippen LogP contribution in [-0.2, 0) is 6.54 Å². The minimum Gasteiger partial charge on any atom is -0.465 e. The van der Waals surface area contributed by atoms with Gasteiger partial charge in [0.15, 0.2) is 6.29 Å². The Labute approximate surface area is 92.1 Å². The van der Waals surface area contributed by atoms with Crippen LogP contribution in [-0.4, -0.2) is 29.4 Å². The van der Waals surface area contributed by atoms with Crippen LogP contribution in [0.1, 0.15) is 15.9 Å². The fraction of sp³-hybridized carbons (Fsp3) is 0.200. The second kappa shape index (κ2) is 4.79. The van der Waals surface area contributed by atoms with Crippen LogP contribution in [0.4, 0.5) is 4.79 Å². The van der Waals surface area contributed by atoms with Crippen LogP contribution >= 0.6 is 11.6 Å². The summed E-state index contributed by atoms with van der Waals surface area (Å²) in [4.78, 5) is 22.2. The largest absolute Gasteiger partial charge is 0.465 e. The molecule has 0 atom stereocenters. The van der Waals surface area contributed by atoms with E-state index in [2.05, 4.69) is 0 Å². The summed E-state index contributed by atoms with van der Waals surface area (Å²) in [5.74, 6) is 0. The number of carbonyl (C=O) groups excluding carboxylic acids is 1. The molecule has 0 heterocycles. The second-order valence-electron chi connectivity index (χ2n) is 3.11. The molecule has 1 amide bonds. The molecule has 0 radical (unpaired) electrons. The molecular weight excluding hydrogens is 218 g/mol. The van der Waals surface area contributed by atoms with Crippen LogP contribution in [0.5, 0.6) is 0 Å². The van der Waals surface area contributed by atoms with E-state index in [4.69, 9.17) is 16.7 Å². The fourth-order valence-corrected chi connectivity index (χ4v) is 1.35. The van der Waals surface area contributed by atoms with Gasteiger partial charge in [-0.1, -0.05) is 17.7 Å². The molecule has 0 spiro atoms. The molecule has 1 aromatic rings. The molecule has 1 aromatic carbocycles. The number of rotatable bonds is 3. The van der Waals surface area contributed by atoms with E-state index in [1.807, 2.05) is 0 Å². The molecule has 15 heavy (non-hydrogen) atoms. The van der Waals surface area contributed by atoms with Crippen LogP contribution in [0.25, 0.3) is 0 Å². The van der Waals surface area contributed by atoms with Crippen molar-refractivity contribution in [1.82, 2.24) is 4.90 Å². The van der Waals surface area contributed by atoms with Crippen LogP contribution in [0.3, 0.4) is 0 Å². The van der Waals surface area contributed by atoms with Crippen LogP contribution in [0.15, 0.2) is 18.2 Å². The first kappa shape index (κ1) is 11.5. The van der Waals surface area contributed by atoms with E-state index < -0.39 is 6.09 Å². The van der Waals surface area contributed by atoms with Gasteiger partial charge < -0.3 is 10.0 Å². The molecule has 0 aliphatic carbocycles. The molecule has 0 aromatic heterocycles. The van der Waals surface area contributed by atoms with Gasteiger partial charge in [-0.15, -0.1) is 0 Å². The normalized spacial score (nSPS) is 9.73. The van der Waals surface area contributed by atoms with Gasteiger partial charge in [-0.2, -0.15) is 0 Å². The smallest absolute Gasteiger partial charge is 0.407 e.